The van der Waals surface area contributed by atoms with Gasteiger partial charge in [0.15, 0.2) is 5.78 Å². The van der Waals surface area contributed by atoms with Crippen LogP contribution in [0.25, 0.3) is 11.1 Å². The van der Waals surface area contributed by atoms with Gasteiger partial charge in [0, 0.05) is 41.0 Å². The molecule has 1 N–H and O–H groups in total. The van der Waals surface area contributed by atoms with Crippen molar-refractivity contribution < 1.29 is 9.90 Å². The molecule has 0 fully saturated rings. The van der Waals surface area contributed by atoms with Crippen molar-refractivity contribution in [1.82, 2.24) is 4.98 Å². The second-order valence-electron chi connectivity index (χ2n) is 9.64. The van der Waals surface area contributed by atoms with Gasteiger partial charge in [-0.3, -0.25) is 9.78 Å². The molecule has 4 rings (SSSR count). The standard InChI is InChI=1S/C27H29NO2/c1-16-13-20-21(27(5,6)12-11-26(20,3)4)14-19(16)17(2)22-8-7-18(15-28-22)25-23(29)9-10-24(25)30/h7-8,11-15,29H,2,9-10H2,1,3-6H3. The van der Waals surface area contributed by atoms with Gasteiger partial charge in [0.05, 0.1) is 11.3 Å². The first-order valence-electron chi connectivity index (χ1n) is 10.5. The van der Waals surface area contributed by atoms with Crippen molar-refractivity contribution in [3.8, 4) is 0 Å². The molecule has 3 nitrogen and oxygen atoms in total. The molecule has 30 heavy (non-hydrogen) atoms. The van der Waals surface area contributed by atoms with E-state index in [4.69, 9.17) is 0 Å². The minimum absolute atomic E-state index is 0.00107. The van der Waals surface area contributed by atoms with Gasteiger partial charge in [0.1, 0.15) is 5.76 Å². The number of hydrogen-bond acceptors (Lipinski definition) is 3. The summed E-state index contributed by atoms with van der Waals surface area (Å²) >= 11 is 0. The molecule has 154 valence electrons. The summed E-state index contributed by atoms with van der Waals surface area (Å²) in [6, 6.07) is 8.29. The lowest BCUT2D eigenvalue weighted by molar-refractivity contribution is -0.113. The van der Waals surface area contributed by atoms with E-state index in [9.17, 15) is 9.90 Å². The SMILES string of the molecule is C=C(c1ccc(C2=C(O)CCC2=O)cn1)c1cc2c(cc1C)C(C)(C)C=CC2(C)C. The molecule has 0 saturated carbocycles. The molecule has 0 saturated heterocycles. The van der Waals surface area contributed by atoms with Crippen LogP contribution in [0.2, 0.25) is 0 Å². The Kier molecular flexibility index (Phi) is 4.61. The van der Waals surface area contributed by atoms with Gasteiger partial charge < -0.3 is 5.11 Å². The van der Waals surface area contributed by atoms with Crippen LogP contribution >= 0.6 is 0 Å². The third-order valence-corrected chi connectivity index (χ3v) is 6.51. The number of ketones is 1. The summed E-state index contributed by atoms with van der Waals surface area (Å²) in [6.45, 7) is 15.4. The average molecular weight is 400 g/mol. The third kappa shape index (κ3) is 3.23. The van der Waals surface area contributed by atoms with Crippen LogP contribution < -0.4 is 0 Å². The van der Waals surface area contributed by atoms with E-state index >= 15 is 0 Å². The lowest BCUT2D eigenvalue weighted by Gasteiger charge is -2.37. The number of aliphatic hydroxyl groups excluding tert-OH is 1. The number of allylic oxidation sites excluding steroid dienone is 4. The molecule has 0 radical (unpaired) electrons. The molecule has 2 aliphatic rings. The number of carbonyl (C=O) groups is 1. The van der Waals surface area contributed by atoms with Gasteiger partial charge in [0.2, 0.25) is 0 Å². The third-order valence-electron chi connectivity index (χ3n) is 6.51. The van der Waals surface area contributed by atoms with E-state index in [1.54, 1.807) is 6.20 Å². The van der Waals surface area contributed by atoms with E-state index in [-0.39, 0.29) is 22.4 Å². The summed E-state index contributed by atoms with van der Waals surface area (Å²) in [6.07, 6.45) is 7.04. The topological polar surface area (TPSA) is 50.2 Å². The normalized spacial score (nSPS) is 19.2. The van der Waals surface area contributed by atoms with Crippen molar-refractivity contribution in [2.75, 3.05) is 0 Å². The monoisotopic (exact) mass is 399 g/mol. The molecule has 0 aliphatic heterocycles. The fourth-order valence-corrected chi connectivity index (χ4v) is 4.52. The highest BCUT2D eigenvalue weighted by Gasteiger charge is 2.33. The average Bonchev–Trinajstić information content (AvgIpc) is 3.03. The lowest BCUT2D eigenvalue weighted by Crippen LogP contribution is -2.29. The first-order chi connectivity index (χ1) is 14.0. The molecule has 0 unspecified atom stereocenters. The quantitative estimate of drug-likeness (QED) is 0.624. The Labute approximate surface area is 178 Å². The van der Waals surface area contributed by atoms with Crippen LogP contribution in [0.5, 0.6) is 0 Å². The van der Waals surface area contributed by atoms with Crippen LogP contribution in [0.3, 0.4) is 0 Å². The second kappa shape index (κ2) is 6.80. The summed E-state index contributed by atoms with van der Waals surface area (Å²) in [5.74, 6) is 0.140. The van der Waals surface area contributed by atoms with Crippen molar-refractivity contribution in [1.29, 1.82) is 0 Å². The zero-order chi connectivity index (χ0) is 21.8. The summed E-state index contributed by atoms with van der Waals surface area (Å²) in [5.41, 5.74) is 7.60. The number of hydrogen-bond donors (Lipinski definition) is 1. The van der Waals surface area contributed by atoms with E-state index < -0.39 is 0 Å². The smallest absolute Gasteiger partial charge is 0.167 e. The predicted molar refractivity (Wildman–Crippen MR) is 123 cm³/mol. The van der Waals surface area contributed by atoms with Gasteiger partial charge >= 0.3 is 0 Å². The number of aromatic nitrogens is 1. The van der Waals surface area contributed by atoms with E-state index in [1.165, 1.54) is 16.7 Å². The van der Waals surface area contributed by atoms with Crippen LogP contribution in [0, 0.1) is 6.92 Å². The molecule has 1 aromatic heterocycles. The summed E-state index contributed by atoms with van der Waals surface area (Å²) in [5, 5.41) is 10.0. The van der Waals surface area contributed by atoms with Crippen molar-refractivity contribution in [3.63, 3.8) is 0 Å². The van der Waals surface area contributed by atoms with Crippen molar-refractivity contribution in [2.24, 2.45) is 0 Å². The molecular weight excluding hydrogens is 370 g/mol. The van der Waals surface area contributed by atoms with Crippen molar-refractivity contribution >= 4 is 16.9 Å². The lowest BCUT2D eigenvalue weighted by atomic mass is 9.67. The number of benzene rings is 1. The second-order valence-corrected chi connectivity index (χ2v) is 9.64. The molecule has 2 aliphatic carbocycles. The van der Waals surface area contributed by atoms with Crippen molar-refractivity contribution in [2.45, 2.75) is 58.3 Å². The maximum absolute atomic E-state index is 12.1. The molecule has 1 heterocycles. The molecule has 0 bridgehead atoms. The van der Waals surface area contributed by atoms with Crippen LogP contribution in [0.15, 0.2) is 55.0 Å². The minimum Gasteiger partial charge on any atom is -0.512 e. The molecule has 0 atom stereocenters. The minimum atomic E-state index is -0.0439. The summed E-state index contributed by atoms with van der Waals surface area (Å²) < 4.78 is 0. The van der Waals surface area contributed by atoms with Gasteiger partial charge in [-0.25, -0.2) is 0 Å². The first-order valence-corrected chi connectivity index (χ1v) is 10.5. The Balaban J connectivity index is 1.73. The molecule has 3 heteroatoms. The van der Waals surface area contributed by atoms with E-state index in [2.05, 4.69) is 70.5 Å². The Morgan fingerprint density at radius 3 is 2.20 bits per heavy atom. The number of Topliss-reactive ketones (excluding diaryl/α,β-unsaturated/α-hetero) is 1. The number of rotatable bonds is 3. The highest BCUT2D eigenvalue weighted by atomic mass is 16.3. The Morgan fingerprint density at radius 2 is 1.67 bits per heavy atom. The summed E-state index contributed by atoms with van der Waals surface area (Å²) in [4.78, 5) is 16.6. The predicted octanol–water partition coefficient (Wildman–Crippen LogP) is 6.21. The number of carbonyl (C=O) groups excluding carboxylic acids is 1. The van der Waals surface area contributed by atoms with E-state index in [1.807, 2.05) is 12.1 Å². The molecule has 0 amide bonds. The fraction of sp³-hybridized carbons (Fsp3) is 0.333. The van der Waals surface area contributed by atoms with Crippen LogP contribution in [-0.2, 0) is 15.6 Å². The van der Waals surface area contributed by atoms with Gasteiger partial charge in [-0.15, -0.1) is 0 Å². The van der Waals surface area contributed by atoms with Gasteiger partial charge in [-0.05, 0) is 41.3 Å². The van der Waals surface area contributed by atoms with Gasteiger partial charge in [0.25, 0.3) is 0 Å². The number of aryl methyl sites for hydroxylation is 1. The Bertz CT molecular complexity index is 1130. The zero-order valence-electron chi connectivity index (χ0n) is 18.5. The number of pyridine rings is 1. The van der Waals surface area contributed by atoms with Crippen LogP contribution in [0.4, 0.5) is 0 Å². The number of nitrogens with zero attached hydrogens (tertiary/aromatic N) is 1. The molecule has 2 aromatic rings. The van der Waals surface area contributed by atoms with E-state index in [0.717, 1.165) is 16.8 Å². The first kappa shape index (κ1) is 20.3. The van der Waals surface area contributed by atoms with E-state index in [0.29, 0.717) is 24.0 Å². The Morgan fingerprint density at radius 1 is 1.03 bits per heavy atom. The molecule has 1 aromatic carbocycles. The zero-order valence-corrected chi connectivity index (χ0v) is 18.5. The maximum Gasteiger partial charge on any atom is 0.167 e. The largest absolute Gasteiger partial charge is 0.512 e. The highest BCUT2D eigenvalue weighted by molar-refractivity contribution is 6.23. The number of aliphatic hydroxyl groups is 1. The molecule has 0 spiro atoms. The summed E-state index contributed by atoms with van der Waals surface area (Å²) in [7, 11) is 0. The van der Waals surface area contributed by atoms with Crippen LogP contribution in [-0.4, -0.2) is 15.9 Å². The van der Waals surface area contributed by atoms with Gasteiger partial charge in [-0.2, -0.15) is 0 Å². The maximum atomic E-state index is 12.1. The fourth-order valence-electron chi connectivity index (χ4n) is 4.52. The van der Waals surface area contributed by atoms with Crippen molar-refractivity contribution in [3.05, 3.63) is 88.5 Å². The number of fused-ring (bicyclic) bond motifs is 1. The Hall–Kier alpha value is -2.94. The van der Waals surface area contributed by atoms with Crippen LogP contribution in [0.1, 0.15) is 74.0 Å². The highest BCUT2D eigenvalue weighted by Crippen LogP contribution is 2.43. The molecular formula is C27H29NO2. The van der Waals surface area contributed by atoms with Gasteiger partial charge in [-0.1, -0.05) is 58.6 Å².